The number of nitrogens with one attached hydrogen (secondary N) is 1. The van der Waals surface area contributed by atoms with Gasteiger partial charge in [-0.1, -0.05) is 6.92 Å². The number of anilines is 1. The van der Waals surface area contributed by atoms with Crippen molar-refractivity contribution in [1.82, 2.24) is 9.55 Å². The number of thioether (sulfide) groups is 1. The summed E-state index contributed by atoms with van der Waals surface area (Å²) in [7, 11) is 0. The van der Waals surface area contributed by atoms with E-state index in [1.54, 1.807) is 12.1 Å². The van der Waals surface area contributed by atoms with Gasteiger partial charge >= 0.3 is 5.69 Å². The fourth-order valence-electron chi connectivity index (χ4n) is 2.05. The molecular weight excluding hydrogens is 321 g/mol. The molecule has 0 aliphatic carbocycles. The number of nitrogens with zero attached hydrogens (tertiary/aromatic N) is 1. The SMILES string of the molecule is CCCn1c(N)c(C(=O)CSc2ccc(F)cc2)c(=O)[nH]c1=O. The first kappa shape index (κ1) is 17.0. The number of Topliss-reactive ketones (excluding diaryl/α,β-unsaturated/α-hetero) is 1. The standard InChI is InChI=1S/C15H16FN3O3S/c1-2-7-19-13(17)12(14(21)18-15(19)22)11(20)8-23-10-5-3-9(16)4-6-10/h3-6H,2,7-8,17H2,1H3,(H,18,21,22). The average molecular weight is 337 g/mol. The number of hydrogen-bond acceptors (Lipinski definition) is 5. The number of nitrogens with two attached hydrogens (primary N) is 1. The minimum absolute atomic E-state index is 0.0385. The van der Waals surface area contributed by atoms with E-state index >= 15 is 0 Å². The van der Waals surface area contributed by atoms with Crippen molar-refractivity contribution < 1.29 is 9.18 Å². The molecule has 0 saturated heterocycles. The van der Waals surface area contributed by atoms with Crippen LogP contribution in [0, 0.1) is 5.82 Å². The summed E-state index contributed by atoms with van der Waals surface area (Å²) in [6.07, 6.45) is 0.633. The Bertz CT molecular complexity index is 827. The van der Waals surface area contributed by atoms with Crippen LogP contribution in [0.1, 0.15) is 23.7 Å². The van der Waals surface area contributed by atoms with Crippen LogP contribution in [0.15, 0.2) is 38.8 Å². The van der Waals surface area contributed by atoms with Crippen LogP contribution in [0.5, 0.6) is 0 Å². The highest BCUT2D eigenvalue weighted by Crippen LogP contribution is 2.19. The third-order valence-corrected chi connectivity index (χ3v) is 4.16. The molecule has 122 valence electrons. The van der Waals surface area contributed by atoms with E-state index in [-0.39, 0.29) is 23.0 Å². The number of halogens is 1. The number of rotatable bonds is 6. The normalized spacial score (nSPS) is 10.7. The van der Waals surface area contributed by atoms with Crippen LogP contribution in [0.3, 0.4) is 0 Å². The number of H-pyrrole nitrogens is 1. The molecule has 0 saturated carbocycles. The van der Waals surface area contributed by atoms with Crippen LogP contribution in [0.4, 0.5) is 10.2 Å². The van der Waals surface area contributed by atoms with Gasteiger partial charge in [0.25, 0.3) is 5.56 Å². The highest BCUT2D eigenvalue weighted by molar-refractivity contribution is 8.00. The van der Waals surface area contributed by atoms with Crippen molar-refractivity contribution in [2.75, 3.05) is 11.5 Å². The number of aromatic amines is 1. The Morgan fingerprint density at radius 1 is 1.30 bits per heavy atom. The summed E-state index contributed by atoms with van der Waals surface area (Å²) in [6.45, 7) is 2.16. The Morgan fingerprint density at radius 2 is 1.96 bits per heavy atom. The maximum absolute atomic E-state index is 12.8. The lowest BCUT2D eigenvalue weighted by Crippen LogP contribution is -2.36. The van der Waals surface area contributed by atoms with Gasteiger partial charge in [0.05, 0.1) is 5.75 Å². The molecule has 0 aliphatic rings. The van der Waals surface area contributed by atoms with Gasteiger partial charge in [-0.25, -0.2) is 9.18 Å². The zero-order chi connectivity index (χ0) is 17.0. The van der Waals surface area contributed by atoms with Gasteiger partial charge in [0.2, 0.25) is 0 Å². The maximum Gasteiger partial charge on any atom is 0.329 e. The predicted molar refractivity (Wildman–Crippen MR) is 87.5 cm³/mol. The topological polar surface area (TPSA) is 97.9 Å². The van der Waals surface area contributed by atoms with Gasteiger partial charge in [-0.05, 0) is 30.7 Å². The summed E-state index contributed by atoms with van der Waals surface area (Å²) < 4.78 is 14.0. The molecule has 0 unspecified atom stereocenters. The van der Waals surface area contributed by atoms with E-state index in [1.165, 1.54) is 16.7 Å². The Kier molecular flexibility index (Phi) is 5.38. The van der Waals surface area contributed by atoms with Crippen LogP contribution in [-0.4, -0.2) is 21.1 Å². The van der Waals surface area contributed by atoms with Crippen molar-refractivity contribution in [2.24, 2.45) is 0 Å². The van der Waals surface area contributed by atoms with Gasteiger partial charge in [-0.3, -0.25) is 19.1 Å². The van der Waals surface area contributed by atoms with Crippen LogP contribution < -0.4 is 17.0 Å². The van der Waals surface area contributed by atoms with Gasteiger partial charge in [-0.15, -0.1) is 11.8 Å². The number of ketones is 1. The number of nitrogen functional groups attached to an aromatic ring is 1. The molecule has 0 amide bonds. The molecule has 0 radical (unpaired) electrons. The molecule has 0 fully saturated rings. The van der Waals surface area contributed by atoms with Crippen molar-refractivity contribution in [3.05, 3.63) is 56.5 Å². The summed E-state index contributed by atoms with van der Waals surface area (Å²) in [5, 5.41) is 0. The van der Waals surface area contributed by atoms with E-state index in [0.717, 1.165) is 11.8 Å². The highest BCUT2D eigenvalue weighted by atomic mass is 32.2. The third kappa shape index (κ3) is 3.89. The molecule has 23 heavy (non-hydrogen) atoms. The van der Waals surface area contributed by atoms with Crippen LogP contribution >= 0.6 is 11.8 Å². The summed E-state index contributed by atoms with van der Waals surface area (Å²) in [5.41, 5.74) is 4.19. The molecule has 0 atom stereocenters. The molecule has 0 spiro atoms. The van der Waals surface area contributed by atoms with Crippen molar-refractivity contribution in [3.63, 3.8) is 0 Å². The molecule has 0 aliphatic heterocycles. The van der Waals surface area contributed by atoms with E-state index in [2.05, 4.69) is 4.98 Å². The number of benzene rings is 1. The summed E-state index contributed by atoms with van der Waals surface area (Å²) >= 11 is 1.16. The van der Waals surface area contributed by atoms with Gasteiger partial charge in [0, 0.05) is 11.4 Å². The summed E-state index contributed by atoms with van der Waals surface area (Å²) in [4.78, 5) is 38.7. The van der Waals surface area contributed by atoms with E-state index in [0.29, 0.717) is 17.9 Å². The molecule has 1 heterocycles. The first-order valence-corrected chi connectivity index (χ1v) is 7.96. The Hall–Kier alpha value is -2.35. The molecule has 1 aromatic carbocycles. The molecule has 1 aromatic heterocycles. The van der Waals surface area contributed by atoms with Crippen LogP contribution in [-0.2, 0) is 6.54 Å². The number of carbonyl (C=O) groups is 1. The minimum atomic E-state index is -0.787. The van der Waals surface area contributed by atoms with E-state index < -0.39 is 17.0 Å². The molecule has 2 aromatic rings. The van der Waals surface area contributed by atoms with Gasteiger partial charge in [0.15, 0.2) is 5.78 Å². The lowest BCUT2D eigenvalue weighted by atomic mass is 10.2. The lowest BCUT2D eigenvalue weighted by molar-refractivity contribution is 0.102. The Balaban J connectivity index is 2.25. The zero-order valence-corrected chi connectivity index (χ0v) is 13.3. The second-order valence-corrected chi connectivity index (χ2v) is 5.89. The van der Waals surface area contributed by atoms with Crippen molar-refractivity contribution in [2.45, 2.75) is 24.8 Å². The number of aromatic nitrogens is 2. The van der Waals surface area contributed by atoms with Gasteiger partial charge < -0.3 is 5.73 Å². The fraction of sp³-hybridized carbons (Fsp3) is 0.267. The molecule has 6 nitrogen and oxygen atoms in total. The quantitative estimate of drug-likeness (QED) is 0.617. The van der Waals surface area contributed by atoms with Gasteiger partial charge in [-0.2, -0.15) is 0 Å². The molecular formula is C15H16FN3O3S. The van der Waals surface area contributed by atoms with E-state index in [4.69, 9.17) is 5.73 Å². The largest absolute Gasteiger partial charge is 0.384 e. The van der Waals surface area contributed by atoms with Gasteiger partial charge in [0.1, 0.15) is 17.2 Å². The first-order chi connectivity index (χ1) is 10.9. The monoisotopic (exact) mass is 337 g/mol. The van der Waals surface area contributed by atoms with Crippen LogP contribution in [0.2, 0.25) is 0 Å². The second kappa shape index (κ2) is 7.28. The molecule has 2 rings (SSSR count). The summed E-state index contributed by atoms with van der Waals surface area (Å²) in [6, 6.07) is 5.66. The Labute approximate surface area is 135 Å². The highest BCUT2D eigenvalue weighted by Gasteiger charge is 2.19. The fourth-order valence-corrected chi connectivity index (χ4v) is 2.83. The molecule has 8 heteroatoms. The van der Waals surface area contributed by atoms with E-state index in [9.17, 15) is 18.8 Å². The number of carbonyl (C=O) groups excluding carboxylic acids is 1. The maximum atomic E-state index is 12.8. The number of hydrogen-bond donors (Lipinski definition) is 2. The smallest absolute Gasteiger partial charge is 0.329 e. The lowest BCUT2D eigenvalue weighted by Gasteiger charge is -2.11. The zero-order valence-electron chi connectivity index (χ0n) is 12.5. The average Bonchev–Trinajstić information content (AvgIpc) is 2.50. The van der Waals surface area contributed by atoms with E-state index in [1.807, 2.05) is 6.92 Å². The van der Waals surface area contributed by atoms with Crippen molar-refractivity contribution in [3.8, 4) is 0 Å². The molecule has 3 N–H and O–H groups in total. The first-order valence-electron chi connectivity index (χ1n) is 6.98. The van der Waals surface area contributed by atoms with Crippen molar-refractivity contribution in [1.29, 1.82) is 0 Å². The molecule has 0 bridgehead atoms. The Morgan fingerprint density at radius 3 is 2.57 bits per heavy atom. The summed E-state index contributed by atoms with van der Waals surface area (Å²) in [5.74, 6) is -1.01. The van der Waals surface area contributed by atoms with Crippen molar-refractivity contribution >= 4 is 23.4 Å². The van der Waals surface area contributed by atoms with Crippen LogP contribution in [0.25, 0.3) is 0 Å². The third-order valence-electron chi connectivity index (χ3n) is 3.15. The predicted octanol–water partition coefficient (Wildman–Crippen LogP) is 1.64. The second-order valence-electron chi connectivity index (χ2n) is 4.84. The minimum Gasteiger partial charge on any atom is -0.384 e.